The van der Waals surface area contributed by atoms with Gasteiger partial charge in [0.15, 0.2) is 5.82 Å². The molecule has 0 bridgehead atoms. The molecule has 2 fully saturated rings. The van der Waals surface area contributed by atoms with Crippen molar-refractivity contribution in [2.45, 2.75) is 25.2 Å². The summed E-state index contributed by atoms with van der Waals surface area (Å²) in [7, 11) is 0. The third-order valence-corrected chi connectivity index (χ3v) is 7.04. The lowest BCUT2D eigenvalue weighted by Crippen LogP contribution is -2.56. The van der Waals surface area contributed by atoms with Crippen LogP contribution in [0.1, 0.15) is 24.0 Å². The molecule has 170 valence electrons. The summed E-state index contributed by atoms with van der Waals surface area (Å²) in [6.45, 7) is 6.23. The molecule has 6 nitrogen and oxygen atoms in total. The van der Waals surface area contributed by atoms with Gasteiger partial charge in [-0.2, -0.15) is 0 Å². The van der Waals surface area contributed by atoms with E-state index in [2.05, 4.69) is 46.3 Å². The number of aryl methyl sites for hydroxylation is 1. The number of nitrogens with zero attached hydrogens (tertiary/aromatic N) is 4. The van der Waals surface area contributed by atoms with Gasteiger partial charge >= 0.3 is 0 Å². The zero-order chi connectivity index (χ0) is 22.7. The van der Waals surface area contributed by atoms with Crippen LogP contribution in [0, 0.1) is 6.92 Å². The Morgan fingerprint density at radius 3 is 2.21 bits per heavy atom. The van der Waals surface area contributed by atoms with E-state index in [-0.39, 0.29) is 5.91 Å². The van der Waals surface area contributed by atoms with E-state index in [1.54, 1.807) is 0 Å². The van der Waals surface area contributed by atoms with E-state index in [1.807, 2.05) is 47.4 Å². The van der Waals surface area contributed by atoms with Crippen LogP contribution in [0.2, 0.25) is 0 Å². The minimum Gasteiger partial charge on any atom is -0.381 e. The Morgan fingerprint density at radius 1 is 0.848 bits per heavy atom. The maximum Gasteiger partial charge on any atom is 0.233 e. The van der Waals surface area contributed by atoms with Gasteiger partial charge < -0.3 is 14.5 Å². The molecule has 0 atom stereocenters. The van der Waals surface area contributed by atoms with Crippen LogP contribution in [-0.2, 0) is 14.9 Å². The van der Waals surface area contributed by atoms with Crippen LogP contribution >= 0.6 is 0 Å². The first-order valence-electron chi connectivity index (χ1n) is 11.7. The van der Waals surface area contributed by atoms with Crippen molar-refractivity contribution in [2.75, 3.05) is 44.3 Å². The highest BCUT2D eigenvalue weighted by molar-refractivity contribution is 5.88. The third-order valence-electron chi connectivity index (χ3n) is 7.04. The van der Waals surface area contributed by atoms with Gasteiger partial charge in [0, 0.05) is 45.0 Å². The van der Waals surface area contributed by atoms with Gasteiger partial charge in [0.2, 0.25) is 5.91 Å². The first-order chi connectivity index (χ1) is 16.2. The largest absolute Gasteiger partial charge is 0.381 e. The lowest BCUT2D eigenvalue weighted by atomic mass is 9.73. The van der Waals surface area contributed by atoms with Crippen LogP contribution in [-0.4, -0.2) is 60.4 Å². The Kier molecular flexibility index (Phi) is 6.09. The number of amides is 1. The third kappa shape index (κ3) is 4.23. The minimum atomic E-state index is -0.476. The monoisotopic (exact) mass is 442 g/mol. The number of piperazine rings is 1. The van der Waals surface area contributed by atoms with Gasteiger partial charge in [-0.3, -0.25) is 4.79 Å². The summed E-state index contributed by atoms with van der Waals surface area (Å²) >= 11 is 0. The fourth-order valence-corrected chi connectivity index (χ4v) is 5.04. The number of rotatable bonds is 4. The average Bonchev–Trinajstić information content (AvgIpc) is 2.90. The molecule has 0 radical (unpaired) electrons. The highest BCUT2D eigenvalue weighted by Gasteiger charge is 2.44. The molecule has 0 spiro atoms. The number of ether oxygens (including phenoxy) is 1. The van der Waals surface area contributed by atoms with Gasteiger partial charge in [0.05, 0.1) is 11.1 Å². The van der Waals surface area contributed by atoms with Crippen molar-refractivity contribution in [3.05, 3.63) is 77.9 Å². The number of hydrogen-bond acceptors (Lipinski definition) is 5. The Labute approximate surface area is 195 Å². The van der Waals surface area contributed by atoms with Crippen LogP contribution in [0.15, 0.2) is 66.7 Å². The Hall–Kier alpha value is -3.25. The zero-order valence-electron chi connectivity index (χ0n) is 19.1. The topological polar surface area (TPSA) is 58.6 Å². The molecule has 0 aliphatic carbocycles. The molecule has 1 aromatic heterocycles. The summed E-state index contributed by atoms with van der Waals surface area (Å²) in [6, 6.07) is 22.5. The van der Waals surface area contributed by atoms with Crippen molar-refractivity contribution in [2.24, 2.45) is 0 Å². The molecule has 2 aromatic carbocycles. The number of carbonyl (C=O) groups excluding carboxylic acids is 1. The summed E-state index contributed by atoms with van der Waals surface area (Å²) < 4.78 is 5.61. The maximum absolute atomic E-state index is 13.8. The number of carbonyl (C=O) groups is 1. The van der Waals surface area contributed by atoms with E-state index in [1.165, 1.54) is 5.56 Å². The Bertz CT molecular complexity index is 1090. The number of hydrogen-bond donors (Lipinski definition) is 0. The second-order valence-corrected chi connectivity index (χ2v) is 8.93. The van der Waals surface area contributed by atoms with Gasteiger partial charge in [-0.1, -0.05) is 54.6 Å². The second-order valence-electron chi connectivity index (χ2n) is 8.93. The van der Waals surface area contributed by atoms with Gasteiger partial charge in [-0.15, -0.1) is 10.2 Å². The molecule has 1 amide bonds. The van der Waals surface area contributed by atoms with Crippen molar-refractivity contribution < 1.29 is 9.53 Å². The van der Waals surface area contributed by atoms with Gasteiger partial charge in [-0.05, 0) is 43.0 Å². The van der Waals surface area contributed by atoms with E-state index >= 15 is 0 Å². The van der Waals surface area contributed by atoms with Crippen molar-refractivity contribution >= 4 is 11.7 Å². The highest BCUT2D eigenvalue weighted by atomic mass is 16.5. The fraction of sp³-hybridized carbons (Fsp3) is 0.370. The quantitative estimate of drug-likeness (QED) is 0.614. The van der Waals surface area contributed by atoms with Crippen molar-refractivity contribution in [3.8, 4) is 11.3 Å². The molecule has 3 aromatic rings. The lowest BCUT2D eigenvalue weighted by Gasteiger charge is -2.43. The molecule has 0 N–H and O–H groups in total. The van der Waals surface area contributed by atoms with E-state index < -0.39 is 5.41 Å². The Morgan fingerprint density at radius 2 is 1.55 bits per heavy atom. The zero-order valence-corrected chi connectivity index (χ0v) is 19.1. The summed E-state index contributed by atoms with van der Waals surface area (Å²) in [5.41, 5.74) is 3.81. The minimum absolute atomic E-state index is 0.234. The highest BCUT2D eigenvalue weighted by Crippen LogP contribution is 2.37. The van der Waals surface area contributed by atoms with E-state index in [9.17, 15) is 4.79 Å². The predicted octanol–water partition coefficient (Wildman–Crippen LogP) is 3.85. The smallest absolute Gasteiger partial charge is 0.233 e. The first-order valence-corrected chi connectivity index (χ1v) is 11.7. The lowest BCUT2D eigenvalue weighted by molar-refractivity contribution is -0.141. The van der Waals surface area contributed by atoms with Gasteiger partial charge in [0.25, 0.3) is 0 Å². The standard InChI is InChI=1S/C27H30N4O2/c1-21-7-5-6-10-23(21)24-11-12-25(29-28-24)30-15-17-31(18-16-30)26(32)27(13-19-33-20-14-27)22-8-3-2-4-9-22/h2-12H,13-20H2,1H3. The maximum atomic E-state index is 13.8. The van der Waals surface area contributed by atoms with Crippen LogP contribution in [0.4, 0.5) is 5.82 Å². The van der Waals surface area contributed by atoms with Crippen LogP contribution < -0.4 is 4.90 Å². The molecule has 33 heavy (non-hydrogen) atoms. The molecular formula is C27H30N4O2. The molecule has 2 aliphatic rings. The van der Waals surface area contributed by atoms with Gasteiger partial charge in [0.1, 0.15) is 0 Å². The van der Waals surface area contributed by atoms with E-state index in [0.29, 0.717) is 26.3 Å². The molecule has 3 heterocycles. The van der Waals surface area contributed by atoms with Crippen molar-refractivity contribution in [1.82, 2.24) is 15.1 Å². The van der Waals surface area contributed by atoms with E-state index in [4.69, 9.17) is 4.74 Å². The Balaban J connectivity index is 1.28. The summed E-state index contributed by atoms with van der Waals surface area (Å²) in [5, 5.41) is 8.97. The molecule has 0 saturated carbocycles. The van der Waals surface area contributed by atoms with Crippen LogP contribution in [0.3, 0.4) is 0 Å². The first kappa shape index (κ1) is 21.6. The van der Waals surface area contributed by atoms with Crippen LogP contribution in [0.25, 0.3) is 11.3 Å². The summed E-state index contributed by atoms with van der Waals surface area (Å²) in [6.07, 6.45) is 1.48. The predicted molar refractivity (Wildman–Crippen MR) is 129 cm³/mol. The number of benzene rings is 2. The SMILES string of the molecule is Cc1ccccc1-c1ccc(N2CCN(C(=O)C3(c4ccccc4)CCOCC3)CC2)nn1. The fourth-order valence-electron chi connectivity index (χ4n) is 5.04. The van der Waals surface area contributed by atoms with E-state index in [0.717, 1.165) is 48.6 Å². The molecule has 6 heteroatoms. The number of aromatic nitrogens is 2. The summed E-state index contributed by atoms with van der Waals surface area (Å²) in [5.74, 6) is 1.10. The second kappa shape index (κ2) is 9.32. The molecule has 5 rings (SSSR count). The normalized spacial score (nSPS) is 18.2. The van der Waals surface area contributed by atoms with Gasteiger partial charge in [-0.25, -0.2) is 0 Å². The molecule has 0 unspecified atom stereocenters. The van der Waals surface area contributed by atoms with Crippen LogP contribution in [0.5, 0.6) is 0 Å². The van der Waals surface area contributed by atoms with Crippen molar-refractivity contribution in [1.29, 1.82) is 0 Å². The average molecular weight is 443 g/mol. The molecule has 2 aliphatic heterocycles. The number of anilines is 1. The summed E-state index contributed by atoms with van der Waals surface area (Å²) in [4.78, 5) is 18.0. The van der Waals surface area contributed by atoms with Crippen molar-refractivity contribution in [3.63, 3.8) is 0 Å². The molecule has 2 saturated heterocycles. The molecular weight excluding hydrogens is 412 g/mol.